The van der Waals surface area contributed by atoms with Crippen molar-refractivity contribution in [3.05, 3.63) is 24.3 Å². The fraction of sp³-hybridized carbons (Fsp3) is 0.647. The second-order valence-corrected chi connectivity index (χ2v) is 6.76. The van der Waals surface area contributed by atoms with E-state index in [1.165, 1.54) is 19.3 Å². The van der Waals surface area contributed by atoms with E-state index in [-0.39, 0.29) is 0 Å². The highest BCUT2D eigenvalue weighted by Gasteiger charge is 2.30. The zero-order valence-electron chi connectivity index (χ0n) is 13.2. The van der Waals surface area contributed by atoms with Crippen LogP contribution in [-0.2, 0) is 11.5 Å². The molecule has 0 spiro atoms. The molecule has 21 heavy (non-hydrogen) atoms. The van der Waals surface area contributed by atoms with Gasteiger partial charge < -0.3 is 4.74 Å². The molecule has 0 radical (unpaired) electrons. The van der Waals surface area contributed by atoms with Crippen molar-refractivity contribution in [3.8, 4) is 0 Å². The second-order valence-electron chi connectivity index (χ2n) is 6.76. The molecular weight excluding hydrogens is 262 g/mol. The predicted molar refractivity (Wildman–Crippen MR) is 82.5 cm³/mol. The van der Waals surface area contributed by atoms with Gasteiger partial charge in [-0.15, -0.1) is 0 Å². The first-order valence-corrected chi connectivity index (χ1v) is 8.10. The molecule has 3 atom stereocenters. The number of hydrogen-bond acceptors (Lipinski definition) is 2. The van der Waals surface area contributed by atoms with Crippen LogP contribution in [0.25, 0.3) is 11.0 Å². The summed E-state index contributed by atoms with van der Waals surface area (Å²) in [4.78, 5) is 1.80. The van der Waals surface area contributed by atoms with E-state index in [0.29, 0.717) is 18.8 Å². The van der Waals surface area contributed by atoms with Gasteiger partial charge in [-0.3, -0.25) is 0 Å². The average molecular weight is 288 g/mol. The quantitative estimate of drug-likeness (QED) is 0.866. The van der Waals surface area contributed by atoms with E-state index in [1.807, 2.05) is 24.3 Å². The normalized spacial score (nSPS) is 26.6. The first-order valence-electron chi connectivity index (χ1n) is 8.10. The van der Waals surface area contributed by atoms with Crippen molar-refractivity contribution in [2.24, 2.45) is 17.8 Å². The van der Waals surface area contributed by atoms with Crippen LogP contribution in [0.3, 0.4) is 0 Å². The molecule has 0 saturated heterocycles. The van der Waals surface area contributed by atoms with Crippen LogP contribution >= 0.6 is 0 Å². The maximum Gasteiger partial charge on any atom is 0.249 e. The summed E-state index contributed by atoms with van der Waals surface area (Å²) in [6.45, 7) is 7.47. The van der Waals surface area contributed by atoms with Crippen LogP contribution in [0, 0.1) is 17.8 Å². The van der Waals surface area contributed by atoms with Crippen molar-refractivity contribution in [2.45, 2.75) is 52.9 Å². The Morgan fingerprint density at radius 2 is 2.14 bits per heavy atom. The zero-order valence-corrected chi connectivity index (χ0v) is 13.2. The van der Waals surface area contributed by atoms with Crippen molar-refractivity contribution in [3.63, 3.8) is 0 Å². The highest BCUT2D eigenvalue weighted by Crippen LogP contribution is 2.34. The first-order chi connectivity index (χ1) is 10.1. The molecule has 0 bridgehead atoms. The zero-order chi connectivity index (χ0) is 14.8. The van der Waals surface area contributed by atoms with Crippen LogP contribution in [0.15, 0.2) is 24.3 Å². The van der Waals surface area contributed by atoms with Crippen LogP contribution in [0.2, 0.25) is 0 Å². The van der Waals surface area contributed by atoms with Gasteiger partial charge in [0, 0.05) is 0 Å². The van der Waals surface area contributed by atoms with Crippen molar-refractivity contribution < 1.29 is 9.84 Å². The lowest BCUT2D eigenvalue weighted by molar-refractivity contribution is -0.483. The third-order valence-electron chi connectivity index (χ3n) is 4.90. The maximum absolute atomic E-state index is 6.16. The molecule has 114 valence electrons. The Balaban J connectivity index is 1.63. The third-order valence-corrected chi connectivity index (χ3v) is 4.90. The van der Waals surface area contributed by atoms with Gasteiger partial charge in [-0.1, -0.05) is 32.9 Å². The smallest absolute Gasteiger partial charge is 0.249 e. The van der Waals surface area contributed by atoms with E-state index in [2.05, 4.69) is 31.0 Å². The third kappa shape index (κ3) is 3.26. The second kappa shape index (κ2) is 6.14. The van der Waals surface area contributed by atoms with Crippen molar-refractivity contribution in [1.29, 1.82) is 0 Å². The number of hydrogen-bond donors (Lipinski definition) is 0. The van der Waals surface area contributed by atoms with Gasteiger partial charge in [0.05, 0.1) is 11.2 Å². The number of aromatic nitrogens is 3. The molecule has 4 heteroatoms. The van der Waals surface area contributed by atoms with Gasteiger partial charge in [-0.05, 0) is 53.9 Å². The lowest BCUT2D eigenvalue weighted by Gasteiger charge is -2.35. The lowest BCUT2D eigenvalue weighted by Crippen LogP contribution is -2.34. The molecule has 1 heterocycles. The molecule has 0 amide bonds. The summed E-state index contributed by atoms with van der Waals surface area (Å²) >= 11 is 0. The van der Waals surface area contributed by atoms with Gasteiger partial charge in [-0.2, -0.15) is 5.10 Å². The van der Waals surface area contributed by atoms with Gasteiger partial charge in [0.25, 0.3) is 0 Å². The minimum atomic E-state index is 0.354. The molecule has 3 rings (SSSR count). The number of rotatable bonds is 4. The SMILES string of the molecule is CC(C)C1CCC(C)C(OCn2nc3ccccc3[nH+]2)C1. The molecule has 1 N–H and O–H groups in total. The van der Waals surface area contributed by atoms with Crippen LogP contribution in [0.5, 0.6) is 0 Å². The van der Waals surface area contributed by atoms with E-state index in [0.717, 1.165) is 22.9 Å². The Labute approximate surface area is 126 Å². The van der Waals surface area contributed by atoms with E-state index in [1.54, 1.807) is 4.80 Å². The van der Waals surface area contributed by atoms with Crippen molar-refractivity contribution in [2.75, 3.05) is 0 Å². The molecule has 0 aliphatic heterocycles. The van der Waals surface area contributed by atoms with Crippen LogP contribution < -0.4 is 5.10 Å². The number of nitrogens with one attached hydrogen (secondary N) is 1. The monoisotopic (exact) mass is 288 g/mol. The number of aromatic amines is 1. The molecule has 1 aliphatic carbocycles. The molecule has 2 aromatic rings. The minimum absolute atomic E-state index is 0.354. The fourth-order valence-corrected chi connectivity index (χ4v) is 3.33. The molecule has 1 fully saturated rings. The Morgan fingerprint density at radius 3 is 2.90 bits per heavy atom. The molecule has 1 aromatic heterocycles. The molecule has 1 aliphatic rings. The minimum Gasteiger partial charge on any atom is -0.350 e. The summed E-state index contributed by atoms with van der Waals surface area (Å²) in [5.74, 6) is 2.19. The summed E-state index contributed by atoms with van der Waals surface area (Å²) in [6, 6.07) is 8.07. The molecule has 4 nitrogen and oxygen atoms in total. The Morgan fingerprint density at radius 1 is 1.33 bits per heavy atom. The van der Waals surface area contributed by atoms with E-state index in [4.69, 9.17) is 4.74 Å². The maximum atomic E-state index is 6.16. The standard InChI is InChI=1S/C17H25N3O/c1-12(2)14-9-8-13(3)17(10-14)21-11-20-18-15-6-4-5-7-16(15)19-20/h4-7,12-14,17H,8-11H2,1-3H3/p+1. The van der Waals surface area contributed by atoms with Gasteiger partial charge >= 0.3 is 0 Å². The number of para-hydroxylation sites is 1. The number of benzene rings is 1. The number of ether oxygens (including phenoxy) is 1. The molecule has 1 saturated carbocycles. The highest BCUT2D eigenvalue weighted by molar-refractivity contribution is 5.69. The topological polar surface area (TPSA) is 41.2 Å². The van der Waals surface area contributed by atoms with Crippen molar-refractivity contribution in [1.82, 2.24) is 9.90 Å². The number of H-pyrrole nitrogens is 1. The molecular formula is C17H26N3O+. The highest BCUT2D eigenvalue weighted by atomic mass is 16.5. The summed E-state index contributed by atoms with van der Waals surface area (Å²) in [7, 11) is 0. The summed E-state index contributed by atoms with van der Waals surface area (Å²) in [6.07, 6.45) is 4.15. The predicted octanol–water partition coefficient (Wildman–Crippen LogP) is 3.29. The first kappa shape index (κ1) is 14.5. The Bertz CT molecular complexity index is 559. The van der Waals surface area contributed by atoms with E-state index in [9.17, 15) is 0 Å². The van der Waals surface area contributed by atoms with Crippen molar-refractivity contribution >= 4 is 11.0 Å². The average Bonchev–Trinajstić information content (AvgIpc) is 2.89. The molecule has 1 aromatic carbocycles. The van der Waals surface area contributed by atoms with Crippen LogP contribution in [0.4, 0.5) is 0 Å². The lowest BCUT2D eigenvalue weighted by atomic mass is 9.76. The summed E-state index contributed by atoms with van der Waals surface area (Å²) in [5.41, 5.74) is 2.04. The summed E-state index contributed by atoms with van der Waals surface area (Å²) in [5, 5.41) is 7.78. The van der Waals surface area contributed by atoms with Gasteiger partial charge in [0.2, 0.25) is 5.52 Å². The number of fused-ring (bicyclic) bond motifs is 1. The summed E-state index contributed by atoms with van der Waals surface area (Å²) < 4.78 is 6.16. The van der Waals surface area contributed by atoms with E-state index < -0.39 is 0 Å². The fourth-order valence-electron chi connectivity index (χ4n) is 3.33. The van der Waals surface area contributed by atoms with Gasteiger partial charge in [0.15, 0.2) is 12.2 Å². The molecule has 3 unspecified atom stereocenters. The van der Waals surface area contributed by atoms with Crippen LogP contribution in [-0.4, -0.2) is 16.0 Å². The number of nitrogens with zero attached hydrogens (tertiary/aromatic N) is 2. The van der Waals surface area contributed by atoms with Gasteiger partial charge in [-0.25, -0.2) is 0 Å². The largest absolute Gasteiger partial charge is 0.350 e. The van der Waals surface area contributed by atoms with Gasteiger partial charge in [0.1, 0.15) is 0 Å². The van der Waals surface area contributed by atoms with Crippen LogP contribution in [0.1, 0.15) is 40.0 Å². The Kier molecular flexibility index (Phi) is 4.24. The Hall–Kier alpha value is -1.42. The van der Waals surface area contributed by atoms with E-state index >= 15 is 0 Å².